The van der Waals surface area contributed by atoms with Crippen molar-refractivity contribution in [2.24, 2.45) is 0 Å². The average Bonchev–Trinajstić information content (AvgIpc) is 3.11. The Kier molecular flexibility index (Phi) is 11.6. The largest absolute Gasteiger partial charge is 0.494 e. The molecule has 6 nitrogen and oxygen atoms in total. The molecule has 10 heteroatoms. The van der Waals surface area contributed by atoms with Gasteiger partial charge in [0.25, 0.3) is 0 Å². The van der Waals surface area contributed by atoms with Gasteiger partial charge in [-0.3, -0.25) is 4.79 Å². The van der Waals surface area contributed by atoms with Crippen molar-refractivity contribution in [1.29, 1.82) is 0 Å². The summed E-state index contributed by atoms with van der Waals surface area (Å²) in [6.45, 7) is 11.5. The maximum Gasteiger partial charge on any atom is 0.494 e. The van der Waals surface area contributed by atoms with Crippen molar-refractivity contribution >= 4 is 46.6 Å². The minimum absolute atomic E-state index is 0.168. The van der Waals surface area contributed by atoms with E-state index in [1.807, 2.05) is 65.0 Å². The number of esters is 1. The number of rotatable bonds is 4. The van der Waals surface area contributed by atoms with Gasteiger partial charge in [-0.05, 0) is 89.3 Å². The SMILES string of the molecule is CC1(C)OB(c2ccc(NC=O)cc2)OC1(C)C.CC1=C(F)CCC=C1F.COC(=O)c1ccc(C)c(Br)c1. The first-order valence-corrected chi connectivity index (χ1v) is 13.2. The van der Waals surface area contributed by atoms with E-state index < -0.39 is 5.83 Å². The molecule has 2 aliphatic rings. The summed E-state index contributed by atoms with van der Waals surface area (Å²) in [6.07, 6.45) is 2.93. The highest BCUT2D eigenvalue weighted by Crippen LogP contribution is 2.36. The van der Waals surface area contributed by atoms with Gasteiger partial charge >= 0.3 is 13.1 Å². The molecule has 2 aromatic rings. The van der Waals surface area contributed by atoms with Gasteiger partial charge in [0.1, 0.15) is 11.7 Å². The van der Waals surface area contributed by atoms with Crippen LogP contribution in [-0.4, -0.2) is 37.8 Å². The Morgan fingerprint density at radius 2 is 1.64 bits per heavy atom. The highest BCUT2D eigenvalue weighted by molar-refractivity contribution is 9.10. The van der Waals surface area contributed by atoms with Crippen LogP contribution in [0.25, 0.3) is 0 Å². The Labute approximate surface area is 238 Å². The van der Waals surface area contributed by atoms with Crippen molar-refractivity contribution in [3.63, 3.8) is 0 Å². The minimum atomic E-state index is -0.404. The monoisotopic (exact) mass is 605 g/mol. The molecule has 4 rings (SSSR count). The quantitative estimate of drug-likeness (QED) is 0.231. The van der Waals surface area contributed by atoms with Gasteiger partial charge in [0.2, 0.25) is 6.41 Å². The van der Waals surface area contributed by atoms with Gasteiger partial charge in [-0.1, -0.05) is 34.1 Å². The molecule has 0 atom stereocenters. The Bertz CT molecular complexity index is 1210. The molecule has 1 aliphatic heterocycles. The maximum atomic E-state index is 12.4. The van der Waals surface area contributed by atoms with E-state index in [9.17, 15) is 18.4 Å². The summed E-state index contributed by atoms with van der Waals surface area (Å²) in [7, 11) is 1.01. The summed E-state index contributed by atoms with van der Waals surface area (Å²) in [5, 5.41) is 2.60. The zero-order valence-corrected chi connectivity index (χ0v) is 24.9. The third kappa shape index (κ3) is 8.85. The second kappa shape index (κ2) is 14.0. The molecule has 2 aromatic carbocycles. The smallest absolute Gasteiger partial charge is 0.465 e. The molecule has 1 amide bonds. The first kappa shape index (κ1) is 32.4. The van der Waals surface area contributed by atoms with Crippen molar-refractivity contribution in [3.05, 3.63) is 81.4 Å². The fourth-order valence-electron chi connectivity index (χ4n) is 3.42. The summed E-state index contributed by atoms with van der Waals surface area (Å²) in [4.78, 5) is 21.4. The van der Waals surface area contributed by atoms with Crippen LogP contribution in [0, 0.1) is 6.92 Å². The average molecular weight is 606 g/mol. The zero-order valence-electron chi connectivity index (χ0n) is 23.4. The van der Waals surface area contributed by atoms with Gasteiger partial charge in [-0.15, -0.1) is 0 Å². The number of hydrogen-bond donors (Lipinski definition) is 1. The molecule has 1 saturated heterocycles. The molecule has 1 heterocycles. The van der Waals surface area contributed by atoms with E-state index in [0.717, 1.165) is 21.2 Å². The van der Waals surface area contributed by atoms with E-state index >= 15 is 0 Å². The van der Waals surface area contributed by atoms with Crippen molar-refractivity contribution in [2.75, 3.05) is 12.4 Å². The number of carbonyl (C=O) groups excluding carboxylic acids is 2. The van der Waals surface area contributed by atoms with Gasteiger partial charge in [-0.2, -0.15) is 0 Å². The fourth-order valence-corrected chi connectivity index (χ4v) is 3.80. The molecule has 210 valence electrons. The number of methoxy groups -OCH3 is 1. The number of benzene rings is 2. The first-order valence-electron chi connectivity index (χ1n) is 12.4. The predicted molar refractivity (Wildman–Crippen MR) is 154 cm³/mol. The number of nitrogens with one attached hydrogen (secondary N) is 1. The highest BCUT2D eigenvalue weighted by Gasteiger charge is 2.51. The van der Waals surface area contributed by atoms with E-state index in [-0.39, 0.29) is 35.7 Å². The normalized spacial score (nSPS) is 17.2. The Morgan fingerprint density at radius 3 is 2.10 bits per heavy atom. The number of halogens is 3. The van der Waals surface area contributed by atoms with Crippen LogP contribution in [0.5, 0.6) is 0 Å². The lowest BCUT2D eigenvalue weighted by molar-refractivity contribution is -0.105. The number of hydrogen-bond acceptors (Lipinski definition) is 5. The molecule has 1 fully saturated rings. The lowest BCUT2D eigenvalue weighted by Crippen LogP contribution is -2.41. The van der Waals surface area contributed by atoms with E-state index in [2.05, 4.69) is 26.0 Å². The van der Waals surface area contributed by atoms with Crippen LogP contribution < -0.4 is 10.8 Å². The number of anilines is 1. The number of aryl methyl sites for hydroxylation is 1. The van der Waals surface area contributed by atoms with Crippen molar-refractivity contribution in [1.82, 2.24) is 0 Å². The van der Waals surface area contributed by atoms with Crippen molar-refractivity contribution in [2.45, 2.75) is 65.6 Å². The second-order valence-corrected chi connectivity index (χ2v) is 10.9. The van der Waals surface area contributed by atoms with Crippen molar-refractivity contribution < 1.29 is 32.4 Å². The fraction of sp³-hybridized carbons (Fsp3) is 0.379. The molecular weight excluding hydrogens is 571 g/mol. The summed E-state index contributed by atoms with van der Waals surface area (Å²) >= 11 is 3.34. The molecule has 0 unspecified atom stereocenters. The highest BCUT2D eigenvalue weighted by atomic mass is 79.9. The van der Waals surface area contributed by atoms with Gasteiger partial charge in [0, 0.05) is 22.2 Å². The molecule has 0 bridgehead atoms. The standard InChI is InChI=1S/C13H18BNO3.C9H9BrO2.C7H8F2/c1-12(2)13(3,4)18-14(17-12)10-5-7-11(8-6-10)15-9-16;1-6-3-4-7(5-8(6)10)9(11)12-2;1-5-6(8)3-2-4-7(5)9/h5-9H,1-4H3,(H,15,16);3-5H,1-2H3;3H,2,4H2,1H3. The van der Waals surface area contributed by atoms with Crippen LogP contribution in [0.4, 0.5) is 14.5 Å². The summed E-state index contributed by atoms with van der Waals surface area (Å²) in [5.74, 6) is -1.02. The number of carbonyl (C=O) groups is 2. The lowest BCUT2D eigenvalue weighted by atomic mass is 9.79. The Morgan fingerprint density at radius 1 is 1.05 bits per heavy atom. The number of amides is 1. The molecule has 0 saturated carbocycles. The number of allylic oxidation sites excluding steroid dienone is 4. The van der Waals surface area contributed by atoms with Gasteiger partial charge in [-0.25, -0.2) is 13.6 Å². The summed E-state index contributed by atoms with van der Waals surface area (Å²) < 4.78 is 42.2. The van der Waals surface area contributed by atoms with Crippen LogP contribution >= 0.6 is 15.9 Å². The Hall–Kier alpha value is -2.82. The minimum Gasteiger partial charge on any atom is -0.465 e. The molecule has 1 aliphatic carbocycles. The van der Waals surface area contributed by atoms with Gasteiger partial charge in [0.05, 0.1) is 23.9 Å². The van der Waals surface area contributed by atoms with Gasteiger partial charge in [0.15, 0.2) is 0 Å². The van der Waals surface area contributed by atoms with Crippen LogP contribution in [-0.2, 0) is 18.8 Å². The zero-order chi connectivity index (χ0) is 29.4. The van der Waals surface area contributed by atoms with E-state index in [0.29, 0.717) is 24.8 Å². The second-order valence-electron chi connectivity index (χ2n) is 10.0. The van der Waals surface area contributed by atoms with E-state index in [1.54, 1.807) is 12.1 Å². The van der Waals surface area contributed by atoms with Gasteiger partial charge < -0.3 is 19.4 Å². The van der Waals surface area contributed by atoms with Crippen molar-refractivity contribution in [3.8, 4) is 0 Å². The number of ether oxygens (including phenoxy) is 1. The third-order valence-corrected chi connectivity index (χ3v) is 7.56. The van der Waals surface area contributed by atoms with Crippen LogP contribution in [0.3, 0.4) is 0 Å². The summed E-state index contributed by atoms with van der Waals surface area (Å²) in [5.41, 5.74) is 2.86. The molecule has 1 N–H and O–H groups in total. The van der Waals surface area contributed by atoms with Crippen LogP contribution in [0.15, 0.2) is 70.2 Å². The molecule has 39 heavy (non-hydrogen) atoms. The Balaban J connectivity index is 0.000000220. The predicted octanol–water partition coefficient (Wildman–Crippen LogP) is 6.98. The van der Waals surface area contributed by atoms with E-state index in [4.69, 9.17) is 9.31 Å². The lowest BCUT2D eigenvalue weighted by Gasteiger charge is -2.32. The first-order chi connectivity index (χ1) is 18.2. The molecule has 0 radical (unpaired) electrons. The van der Waals surface area contributed by atoms with Crippen LogP contribution in [0.1, 0.15) is 63.4 Å². The third-order valence-electron chi connectivity index (χ3n) is 6.71. The topological polar surface area (TPSA) is 73.9 Å². The molecule has 0 spiro atoms. The summed E-state index contributed by atoms with van der Waals surface area (Å²) in [6, 6.07) is 12.8. The van der Waals surface area contributed by atoms with E-state index in [1.165, 1.54) is 20.1 Å². The maximum absolute atomic E-state index is 12.4. The van der Waals surface area contributed by atoms with Crippen LogP contribution in [0.2, 0.25) is 0 Å². The molecular formula is C29H35BBrF2NO5. The molecule has 0 aromatic heterocycles.